The molecule has 0 bridgehead atoms. The number of nitrogens with zero attached hydrogens (tertiary/aromatic N) is 6. The van der Waals surface area contributed by atoms with E-state index in [1.807, 2.05) is 37.5 Å². The molecule has 1 aromatic carbocycles. The fourth-order valence-corrected chi connectivity index (χ4v) is 3.43. The molecule has 9 nitrogen and oxygen atoms in total. The first-order chi connectivity index (χ1) is 13.6. The Morgan fingerprint density at radius 3 is 2.75 bits per heavy atom. The standard InChI is InChI=1S/C19H23N7O2/c1-25-11-17(22-24-25)13-3-4-16-14(9-13)10-18(23-21-16)20-19(27)12-26-7-5-15(28-2)6-8-26/h3-4,9-11,15H,5-8,12H2,1-2H3,(H,20,23,27). The van der Waals surface area contributed by atoms with E-state index < -0.39 is 0 Å². The van der Waals surface area contributed by atoms with Crippen molar-refractivity contribution in [3.05, 3.63) is 30.5 Å². The van der Waals surface area contributed by atoms with Gasteiger partial charge in [0.2, 0.25) is 5.91 Å². The van der Waals surface area contributed by atoms with Crippen LogP contribution in [0.25, 0.3) is 22.2 Å². The third kappa shape index (κ3) is 4.15. The highest BCUT2D eigenvalue weighted by Gasteiger charge is 2.20. The van der Waals surface area contributed by atoms with Crippen LogP contribution in [0.4, 0.5) is 5.82 Å². The van der Waals surface area contributed by atoms with Crippen molar-refractivity contribution in [2.24, 2.45) is 7.05 Å². The van der Waals surface area contributed by atoms with Gasteiger partial charge in [0.1, 0.15) is 5.69 Å². The fourth-order valence-electron chi connectivity index (χ4n) is 3.43. The van der Waals surface area contributed by atoms with Crippen LogP contribution < -0.4 is 5.32 Å². The lowest BCUT2D eigenvalue weighted by Crippen LogP contribution is -2.41. The van der Waals surface area contributed by atoms with Gasteiger partial charge >= 0.3 is 0 Å². The minimum atomic E-state index is -0.0883. The number of aromatic nitrogens is 5. The summed E-state index contributed by atoms with van der Waals surface area (Å²) in [4.78, 5) is 14.5. The number of hydrogen-bond donors (Lipinski definition) is 1. The number of likely N-dealkylation sites (tertiary alicyclic amines) is 1. The van der Waals surface area contributed by atoms with Gasteiger partial charge in [0.05, 0.1) is 24.4 Å². The largest absolute Gasteiger partial charge is 0.381 e. The van der Waals surface area contributed by atoms with Gasteiger partial charge in [-0.1, -0.05) is 11.3 Å². The maximum atomic E-state index is 12.4. The summed E-state index contributed by atoms with van der Waals surface area (Å²) >= 11 is 0. The van der Waals surface area contributed by atoms with Gasteiger partial charge in [0.15, 0.2) is 5.82 Å². The van der Waals surface area contributed by atoms with Gasteiger partial charge in [0, 0.05) is 38.2 Å². The van der Waals surface area contributed by atoms with Gasteiger partial charge in [-0.3, -0.25) is 14.4 Å². The van der Waals surface area contributed by atoms with Crippen molar-refractivity contribution in [1.29, 1.82) is 0 Å². The highest BCUT2D eigenvalue weighted by atomic mass is 16.5. The summed E-state index contributed by atoms with van der Waals surface area (Å²) < 4.78 is 7.03. The van der Waals surface area contributed by atoms with E-state index in [4.69, 9.17) is 4.74 Å². The van der Waals surface area contributed by atoms with Gasteiger partial charge in [-0.2, -0.15) is 0 Å². The first-order valence-electron chi connectivity index (χ1n) is 9.30. The minimum absolute atomic E-state index is 0.0883. The van der Waals surface area contributed by atoms with Gasteiger partial charge in [-0.05, 0) is 31.0 Å². The number of rotatable bonds is 5. The number of aryl methyl sites for hydroxylation is 1. The van der Waals surface area contributed by atoms with Crippen molar-refractivity contribution >= 4 is 22.6 Å². The fraction of sp³-hybridized carbons (Fsp3) is 0.421. The molecule has 0 atom stereocenters. The molecule has 3 heterocycles. The Hall–Kier alpha value is -2.91. The Morgan fingerprint density at radius 2 is 2.04 bits per heavy atom. The van der Waals surface area contributed by atoms with Crippen LogP contribution >= 0.6 is 0 Å². The van der Waals surface area contributed by atoms with Crippen molar-refractivity contribution < 1.29 is 9.53 Å². The second kappa shape index (κ2) is 7.99. The van der Waals surface area contributed by atoms with Crippen LogP contribution in [0.5, 0.6) is 0 Å². The highest BCUT2D eigenvalue weighted by molar-refractivity contribution is 5.93. The number of carbonyl (C=O) groups is 1. The van der Waals surface area contributed by atoms with Crippen LogP contribution in [-0.2, 0) is 16.6 Å². The minimum Gasteiger partial charge on any atom is -0.381 e. The molecular formula is C19H23N7O2. The number of methoxy groups -OCH3 is 1. The number of fused-ring (bicyclic) bond motifs is 1. The maximum Gasteiger partial charge on any atom is 0.239 e. The molecule has 0 unspecified atom stereocenters. The van der Waals surface area contributed by atoms with E-state index in [9.17, 15) is 4.79 Å². The van der Waals surface area contributed by atoms with Crippen molar-refractivity contribution in [3.63, 3.8) is 0 Å². The van der Waals surface area contributed by atoms with Crippen LogP contribution in [0.3, 0.4) is 0 Å². The second-order valence-electron chi connectivity index (χ2n) is 7.04. The van der Waals surface area contributed by atoms with Crippen molar-refractivity contribution in [2.45, 2.75) is 18.9 Å². The Bertz CT molecular complexity index is 979. The SMILES string of the molecule is COC1CCN(CC(=O)Nc2cc3cc(-c4cn(C)nn4)ccc3nn2)CC1. The van der Waals surface area contributed by atoms with Crippen LogP contribution in [0, 0.1) is 0 Å². The number of ether oxygens (including phenoxy) is 1. The smallest absolute Gasteiger partial charge is 0.239 e. The van der Waals surface area contributed by atoms with E-state index in [-0.39, 0.29) is 5.91 Å². The molecular weight excluding hydrogens is 358 g/mol. The Morgan fingerprint density at radius 1 is 1.21 bits per heavy atom. The summed E-state index contributed by atoms with van der Waals surface area (Å²) in [5.74, 6) is 0.357. The molecule has 0 saturated carbocycles. The molecule has 28 heavy (non-hydrogen) atoms. The number of piperidine rings is 1. The molecule has 1 saturated heterocycles. The number of hydrogen-bond acceptors (Lipinski definition) is 7. The summed E-state index contributed by atoms with van der Waals surface area (Å²) in [5.41, 5.74) is 2.48. The first kappa shape index (κ1) is 18.5. The molecule has 146 valence electrons. The monoisotopic (exact) mass is 381 g/mol. The van der Waals surface area contributed by atoms with Gasteiger partial charge in [-0.15, -0.1) is 15.3 Å². The lowest BCUT2D eigenvalue weighted by atomic mass is 10.1. The Balaban J connectivity index is 1.44. The zero-order valence-corrected chi connectivity index (χ0v) is 16.0. The maximum absolute atomic E-state index is 12.4. The van der Waals surface area contributed by atoms with E-state index in [1.54, 1.807) is 11.8 Å². The van der Waals surface area contributed by atoms with E-state index in [2.05, 4.69) is 30.7 Å². The molecule has 1 aliphatic rings. The van der Waals surface area contributed by atoms with Gasteiger partial charge in [0.25, 0.3) is 0 Å². The average molecular weight is 381 g/mol. The van der Waals surface area contributed by atoms with Gasteiger partial charge in [-0.25, -0.2) is 0 Å². The van der Waals surface area contributed by atoms with Crippen molar-refractivity contribution in [2.75, 3.05) is 32.1 Å². The molecule has 0 spiro atoms. The van der Waals surface area contributed by atoms with E-state index >= 15 is 0 Å². The summed E-state index contributed by atoms with van der Waals surface area (Å²) in [6, 6.07) is 7.62. The lowest BCUT2D eigenvalue weighted by Gasteiger charge is -2.30. The third-order valence-electron chi connectivity index (χ3n) is 4.99. The van der Waals surface area contributed by atoms with Crippen LogP contribution in [0.1, 0.15) is 12.8 Å². The molecule has 9 heteroatoms. The zero-order chi connectivity index (χ0) is 19.5. The summed E-state index contributed by atoms with van der Waals surface area (Å²) in [6.45, 7) is 2.06. The van der Waals surface area contributed by atoms with Crippen LogP contribution in [0.15, 0.2) is 30.5 Å². The molecule has 1 N–H and O–H groups in total. The summed E-state index contributed by atoms with van der Waals surface area (Å²) in [6.07, 6.45) is 4.05. The molecule has 0 aliphatic carbocycles. The number of carbonyl (C=O) groups excluding carboxylic acids is 1. The van der Waals surface area contributed by atoms with Crippen LogP contribution in [0.2, 0.25) is 0 Å². The van der Waals surface area contributed by atoms with Crippen molar-refractivity contribution in [1.82, 2.24) is 30.1 Å². The molecule has 3 aromatic rings. The average Bonchev–Trinajstić information content (AvgIpc) is 3.14. The Kier molecular flexibility index (Phi) is 5.27. The number of nitrogens with one attached hydrogen (secondary N) is 1. The molecule has 2 aromatic heterocycles. The first-order valence-corrected chi connectivity index (χ1v) is 9.30. The quantitative estimate of drug-likeness (QED) is 0.715. The normalized spacial score (nSPS) is 15.8. The molecule has 0 radical (unpaired) electrons. The molecule has 4 rings (SSSR count). The van der Waals surface area contributed by atoms with E-state index in [0.29, 0.717) is 18.5 Å². The summed E-state index contributed by atoms with van der Waals surface area (Å²) in [7, 11) is 3.57. The number of benzene rings is 1. The van der Waals surface area contributed by atoms with E-state index in [0.717, 1.165) is 48.1 Å². The zero-order valence-electron chi connectivity index (χ0n) is 16.0. The van der Waals surface area contributed by atoms with Crippen molar-refractivity contribution in [3.8, 4) is 11.3 Å². The highest BCUT2D eigenvalue weighted by Crippen LogP contribution is 2.22. The second-order valence-corrected chi connectivity index (χ2v) is 7.04. The number of anilines is 1. The Labute approximate surface area is 162 Å². The van der Waals surface area contributed by atoms with Crippen LogP contribution in [-0.4, -0.2) is 68.8 Å². The van der Waals surface area contributed by atoms with Gasteiger partial charge < -0.3 is 10.1 Å². The van der Waals surface area contributed by atoms with E-state index in [1.165, 1.54) is 0 Å². The molecule has 1 fully saturated rings. The topological polar surface area (TPSA) is 98.1 Å². The molecule has 1 aliphatic heterocycles. The summed E-state index contributed by atoms with van der Waals surface area (Å²) in [5, 5.41) is 20.2. The predicted octanol–water partition coefficient (Wildman–Crippen LogP) is 1.47. The molecule has 1 amide bonds. The third-order valence-corrected chi connectivity index (χ3v) is 4.99. The lowest BCUT2D eigenvalue weighted by molar-refractivity contribution is -0.118. The predicted molar refractivity (Wildman–Crippen MR) is 105 cm³/mol. The number of amides is 1.